The van der Waals surface area contributed by atoms with Crippen molar-refractivity contribution in [1.29, 1.82) is 0 Å². The molecular formula is C26H22FN3O5S. The molecule has 0 radical (unpaired) electrons. The van der Waals surface area contributed by atoms with Gasteiger partial charge in [0.15, 0.2) is 0 Å². The first kappa shape index (κ1) is 23.7. The number of rotatable bonds is 6. The summed E-state index contributed by atoms with van der Waals surface area (Å²) in [4.78, 5) is 16.4. The predicted molar refractivity (Wildman–Crippen MR) is 131 cm³/mol. The van der Waals surface area contributed by atoms with Gasteiger partial charge in [-0.3, -0.25) is 19.3 Å². The van der Waals surface area contributed by atoms with Crippen LogP contribution in [0.25, 0.3) is 10.9 Å². The zero-order chi connectivity index (χ0) is 25.4. The summed E-state index contributed by atoms with van der Waals surface area (Å²) in [6.45, 7) is 2.04. The Hall–Kier alpha value is -4.02. The first-order valence-electron chi connectivity index (χ1n) is 11.1. The molecule has 2 N–H and O–H groups in total. The Morgan fingerprint density at radius 1 is 1.14 bits per heavy atom. The van der Waals surface area contributed by atoms with Crippen LogP contribution < -0.4 is 14.5 Å². The van der Waals surface area contributed by atoms with Crippen molar-refractivity contribution < 1.29 is 27.5 Å². The normalized spacial score (nSPS) is 16.1. The Kier molecular flexibility index (Phi) is 6.07. The van der Waals surface area contributed by atoms with Crippen LogP contribution in [0.1, 0.15) is 29.2 Å². The van der Waals surface area contributed by atoms with Gasteiger partial charge in [0.05, 0.1) is 28.6 Å². The molecule has 1 unspecified atom stereocenters. The maximum atomic E-state index is 13.8. The maximum absolute atomic E-state index is 13.8. The lowest BCUT2D eigenvalue weighted by Gasteiger charge is -2.25. The molecule has 3 aromatic carbocycles. The summed E-state index contributed by atoms with van der Waals surface area (Å²) >= 11 is 0. The molecule has 1 amide bonds. The molecule has 1 aromatic heterocycles. The quantitative estimate of drug-likeness (QED) is 0.296. The standard InChI is InChI=1S/C26H22FN3O5S/c1-16-14-28-23-11-6-17(27)12-21(23)22(16)15-35-19-9-7-18(8-10-19)30-24(13-26(31)29-32)20-4-2-3-5-25(20)36(30,33)34/h2-12,14,24,32H,13,15H2,1H3,(H,29,31). The molecule has 0 fully saturated rings. The molecule has 5 rings (SSSR count). The number of carbonyl (C=O) groups excluding carboxylic acids is 1. The van der Waals surface area contributed by atoms with E-state index in [9.17, 15) is 17.6 Å². The lowest BCUT2D eigenvalue weighted by Crippen LogP contribution is -2.32. The van der Waals surface area contributed by atoms with Crippen LogP contribution in [0.2, 0.25) is 0 Å². The van der Waals surface area contributed by atoms with Gasteiger partial charge in [-0.25, -0.2) is 18.3 Å². The number of aryl methyl sites for hydroxylation is 1. The van der Waals surface area contributed by atoms with Gasteiger partial charge in [-0.05, 0) is 66.6 Å². The number of anilines is 1. The highest BCUT2D eigenvalue weighted by molar-refractivity contribution is 7.93. The van der Waals surface area contributed by atoms with Crippen LogP contribution in [0.3, 0.4) is 0 Å². The summed E-state index contributed by atoms with van der Waals surface area (Å²) in [7, 11) is -3.92. The van der Waals surface area contributed by atoms with E-state index in [1.54, 1.807) is 60.2 Å². The van der Waals surface area contributed by atoms with Crippen LogP contribution in [-0.2, 0) is 21.4 Å². The van der Waals surface area contributed by atoms with Crippen LogP contribution in [0, 0.1) is 12.7 Å². The van der Waals surface area contributed by atoms with Crippen LogP contribution in [0.15, 0.2) is 77.8 Å². The highest BCUT2D eigenvalue weighted by atomic mass is 32.2. The van der Waals surface area contributed by atoms with Crippen molar-refractivity contribution in [1.82, 2.24) is 10.5 Å². The molecule has 10 heteroatoms. The number of carbonyl (C=O) groups is 1. The molecule has 1 atom stereocenters. The highest BCUT2D eigenvalue weighted by Gasteiger charge is 2.43. The molecule has 8 nitrogen and oxygen atoms in total. The molecule has 0 spiro atoms. The minimum Gasteiger partial charge on any atom is -0.489 e. The van der Waals surface area contributed by atoms with Gasteiger partial charge in [-0.1, -0.05) is 18.2 Å². The van der Waals surface area contributed by atoms with Gasteiger partial charge < -0.3 is 4.74 Å². The van der Waals surface area contributed by atoms with Crippen molar-refractivity contribution >= 4 is 32.5 Å². The molecule has 4 aromatic rings. The third kappa shape index (κ3) is 4.14. The third-order valence-corrected chi connectivity index (χ3v) is 8.14. The van der Waals surface area contributed by atoms with Gasteiger partial charge in [-0.15, -0.1) is 0 Å². The van der Waals surface area contributed by atoms with Crippen LogP contribution in [0.4, 0.5) is 10.1 Å². The first-order chi connectivity index (χ1) is 17.3. The molecule has 184 valence electrons. The number of hydroxylamine groups is 1. The van der Waals surface area contributed by atoms with Gasteiger partial charge in [0, 0.05) is 17.1 Å². The number of hydrogen-bond acceptors (Lipinski definition) is 6. The molecule has 0 saturated carbocycles. The van der Waals surface area contributed by atoms with Crippen molar-refractivity contribution in [2.75, 3.05) is 4.31 Å². The second-order valence-corrected chi connectivity index (χ2v) is 10.2. The van der Waals surface area contributed by atoms with E-state index in [1.165, 1.54) is 22.5 Å². The Morgan fingerprint density at radius 3 is 2.64 bits per heavy atom. The molecule has 36 heavy (non-hydrogen) atoms. The Labute approximate surface area is 207 Å². The van der Waals surface area contributed by atoms with Crippen molar-refractivity contribution in [3.05, 3.63) is 95.4 Å². The van der Waals surface area contributed by atoms with E-state index in [0.717, 1.165) is 11.1 Å². The number of aromatic nitrogens is 1. The van der Waals surface area contributed by atoms with Gasteiger partial charge in [0.25, 0.3) is 10.0 Å². The number of ether oxygens (including phenoxy) is 1. The molecule has 1 aliphatic heterocycles. The smallest absolute Gasteiger partial charge is 0.265 e. The second-order valence-electron chi connectivity index (χ2n) is 8.46. The molecule has 0 bridgehead atoms. The minimum absolute atomic E-state index is 0.119. The monoisotopic (exact) mass is 507 g/mol. The van der Waals surface area contributed by atoms with Crippen molar-refractivity contribution in [3.8, 4) is 5.75 Å². The van der Waals surface area contributed by atoms with Crippen LogP contribution >= 0.6 is 0 Å². The Morgan fingerprint density at radius 2 is 1.89 bits per heavy atom. The van der Waals surface area contributed by atoms with Crippen molar-refractivity contribution in [2.24, 2.45) is 0 Å². The lowest BCUT2D eigenvalue weighted by atomic mass is 10.0. The Bertz CT molecular complexity index is 1570. The molecular weight excluding hydrogens is 485 g/mol. The number of halogens is 1. The fourth-order valence-corrected chi connectivity index (χ4v) is 6.37. The van der Waals surface area contributed by atoms with E-state index < -0.39 is 22.0 Å². The highest BCUT2D eigenvalue weighted by Crippen LogP contribution is 2.44. The van der Waals surface area contributed by atoms with E-state index in [0.29, 0.717) is 27.9 Å². The summed E-state index contributed by atoms with van der Waals surface area (Å²) < 4.78 is 47.6. The molecule has 0 saturated heterocycles. The van der Waals surface area contributed by atoms with Crippen LogP contribution in [0.5, 0.6) is 5.75 Å². The molecule has 0 aliphatic carbocycles. The second kappa shape index (κ2) is 9.21. The molecule has 2 heterocycles. The zero-order valence-corrected chi connectivity index (χ0v) is 20.0. The summed E-state index contributed by atoms with van der Waals surface area (Å²) in [5, 5.41) is 9.68. The SMILES string of the molecule is Cc1cnc2ccc(F)cc2c1COc1ccc(N2C(CC(=O)NO)c3ccccc3S2(=O)=O)cc1. The van der Waals surface area contributed by atoms with Gasteiger partial charge >= 0.3 is 0 Å². The molecule has 1 aliphatic rings. The first-order valence-corrected chi connectivity index (χ1v) is 12.6. The number of sulfonamides is 1. The van der Waals surface area contributed by atoms with E-state index in [2.05, 4.69) is 4.98 Å². The van der Waals surface area contributed by atoms with Crippen LogP contribution in [-0.4, -0.2) is 24.5 Å². The number of fused-ring (bicyclic) bond motifs is 2. The number of nitrogens with one attached hydrogen (secondary N) is 1. The van der Waals surface area contributed by atoms with E-state index in [1.807, 2.05) is 6.92 Å². The largest absolute Gasteiger partial charge is 0.489 e. The third-order valence-electron chi connectivity index (χ3n) is 6.23. The lowest BCUT2D eigenvalue weighted by molar-refractivity contribution is -0.129. The topological polar surface area (TPSA) is 109 Å². The van der Waals surface area contributed by atoms with E-state index >= 15 is 0 Å². The number of nitrogens with zero attached hydrogens (tertiary/aromatic N) is 2. The van der Waals surface area contributed by atoms with E-state index in [4.69, 9.17) is 9.94 Å². The van der Waals surface area contributed by atoms with Gasteiger partial charge in [-0.2, -0.15) is 0 Å². The fourth-order valence-electron chi connectivity index (χ4n) is 4.48. The zero-order valence-electron chi connectivity index (χ0n) is 19.2. The Balaban J connectivity index is 1.42. The number of benzene rings is 3. The number of pyridine rings is 1. The predicted octanol–water partition coefficient (Wildman–Crippen LogP) is 4.41. The van der Waals surface area contributed by atoms with Crippen molar-refractivity contribution in [2.45, 2.75) is 30.9 Å². The average molecular weight is 508 g/mol. The number of hydrogen-bond donors (Lipinski definition) is 2. The maximum Gasteiger partial charge on any atom is 0.265 e. The summed E-state index contributed by atoms with van der Waals surface area (Å²) in [6.07, 6.45) is 1.45. The summed E-state index contributed by atoms with van der Waals surface area (Å²) in [5.41, 5.74) is 4.72. The van der Waals surface area contributed by atoms with E-state index in [-0.39, 0.29) is 23.7 Å². The summed E-state index contributed by atoms with van der Waals surface area (Å²) in [6, 6.07) is 16.5. The van der Waals surface area contributed by atoms with Gasteiger partial charge in [0.2, 0.25) is 5.91 Å². The minimum atomic E-state index is -3.92. The summed E-state index contributed by atoms with van der Waals surface area (Å²) in [5.74, 6) is -0.579. The van der Waals surface area contributed by atoms with Gasteiger partial charge in [0.1, 0.15) is 18.2 Å². The fraction of sp³-hybridized carbons (Fsp3) is 0.154. The average Bonchev–Trinajstić information content (AvgIpc) is 3.10. The van der Waals surface area contributed by atoms with Crippen molar-refractivity contribution in [3.63, 3.8) is 0 Å². The number of amides is 1.